The van der Waals surface area contributed by atoms with Crippen LogP contribution >= 0.6 is 23.2 Å². The summed E-state index contributed by atoms with van der Waals surface area (Å²) < 4.78 is 0. The molecule has 2 aliphatic rings. The van der Waals surface area contributed by atoms with Gasteiger partial charge in [-0.2, -0.15) is 0 Å². The second-order valence-electron chi connectivity index (χ2n) is 4.43. The summed E-state index contributed by atoms with van der Waals surface area (Å²) in [5, 5.41) is 0.531. The maximum absolute atomic E-state index is 6.17. The van der Waals surface area contributed by atoms with Crippen molar-refractivity contribution >= 4 is 23.2 Å². The highest BCUT2D eigenvalue weighted by Gasteiger charge is 2.29. The average molecular weight is 285 g/mol. The SMILES string of the molecule is NC1(N)C=CC(=C2C=CC(N)(N)C(Cl)=C2Cl)C=C1. The quantitative estimate of drug-likeness (QED) is 0.496. The molecule has 0 unspecified atom stereocenters. The van der Waals surface area contributed by atoms with E-state index in [1.165, 1.54) is 0 Å². The average Bonchev–Trinajstić information content (AvgIpc) is 2.28. The van der Waals surface area contributed by atoms with Gasteiger partial charge in [-0.05, 0) is 23.8 Å². The molecule has 0 saturated heterocycles. The van der Waals surface area contributed by atoms with Gasteiger partial charge >= 0.3 is 0 Å². The van der Waals surface area contributed by atoms with Crippen molar-refractivity contribution < 1.29 is 0 Å². The van der Waals surface area contributed by atoms with Gasteiger partial charge in [-0.3, -0.25) is 0 Å². The van der Waals surface area contributed by atoms with E-state index in [0.29, 0.717) is 5.03 Å². The van der Waals surface area contributed by atoms with Crippen LogP contribution in [0.1, 0.15) is 0 Å². The molecule has 2 aliphatic carbocycles. The van der Waals surface area contributed by atoms with Crippen LogP contribution in [0.25, 0.3) is 0 Å². The molecule has 6 heteroatoms. The summed E-state index contributed by atoms with van der Waals surface area (Å²) in [4.78, 5) is 0. The van der Waals surface area contributed by atoms with Gasteiger partial charge < -0.3 is 22.9 Å². The Morgan fingerprint density at radius 2 is 1.39 bits per heavy atom. The van der Waals surface area contributed by atoms with E-state index in [0.717, 1.165) is 11.1 Å². The maximum Gasteiger partial charge on any atom is 0.122 e. The lowest BCUT2D eigenvalue weighted by Gasteiger charge is -2.27. The van der Waals surface area contributed by atoms with Crippen molar-refractivity contribution in [3.63, 3.8) is 0 Å². The third-order valence-electron chi connectivity index (χ3n) is 2.75. The Balaban J connectivity index is 2.47. The van der Waals surface area contributed by atoms with Gasteiger partial charge in [-0.25, -0.2) is 0 Å². The molecule has 0 bridgehead atoms. The number of nitrogens with two attached hydrogens (primary N) is 4. The molecule has 2 rings (SSSR count). The van der Waals surface area contributed by atoms with Gasteiger partial charge in [0.2, 0.25) is 0 Å². The molecule has 0 atom stereocenters. The van der Waals surface area contributed by atoms with Gasteiger partial charge in [0, 0.05) is 5.57 Å². The van der Waals surface area contributed by atoms with Crippen molar-refractivity contribution in [1.29, 1.82) is 0 Å². The summed E-state index contributed by atoms with van der Waals surface area (Å²) in [6.45, 7) is 0. The Kier molecular flexibility index (Phi) is 3.27. The van der Waals surface area contributed by atoms with Crippen LogP contribution < -0.4 is 22.9 Å². The molecule has 0 spiro atoms. The lowest BCUT2D eigenvalue weighted by Crippen LogP contribution is -2.49. The first-order valence-corrected chi connectivity index (χ1v) is 6.02. The summed E-state index contributed by atoms with van der Waals surface area (Å²) in [7, 11) is 0. The molecule has 0 aliphatic heterocycles. The van der Waals surface area contributed by atoms with Crippen LogP contribution in [0, 0.1) is 0 Å². The van der Waals surface area contributed by atoms with Crippen LogP contribution in [0.4, 0.5) is 0 Å². The largest absolute Gasteiger partial charge is 0.307 e. The normalized spacial score (nSPS) is 25.0. The van der Waals surface area contributed by atoms with Gasteiger partial charge in [0.05, 0.1) is 10.1 Å². The fourth-order valence-electron chi connectivity index (χ4n) is 1.66. The number of hydrogen-bond donors (Lipinski definition) is 4. The smallest absolute Gasteiger partial charge is 0.122 e. The van der Waals surface area contributed by atoms with Crippen LogP contribution in [0.5, 0.6) is 0 Å². The highest BCUT2D eigenvalue weighted by Crippen LogP contribution is 2.35. The summed E-state index contributed by atoms with van der Waals surface area (Å²) in [5.74, 6) is 0. The Morgan fingerprint density at radius 1 is 0.833 bits per heavy atom. The highest BCUT2D eigenvalue weighted by atomic mass is 35.5. The lowest BCUT2D eigenvalue weighted by molar-refractivity contribution is 0.671. The van der Waals surface area contributed by atoms with E-state index in [9.17, 15) is 0 Å². The molecule has 18 heavy (non-hydrogen) atoms. The number of rotatable bonds is 0. The molecule has 0 aromatic rings. The van der Waals surface area contributed by atoms with Crippen LogP contribution in [-0.4, -0.2) is 11.3 Å². The fourth-order valence-corrected chi connectivity index (χ4v) is 2.16. The monoisotopic (exact) mass is 284 g/mol. The molecule has 0 heterocycles. The molecule has 0 aromatic carbocycles. The fraction of sp³-hybridized carbons (Fsp3) is 0.167. The minimum Gasteiger partial charge on any atom is -0.307 e. The van der Waals surface area contributed by atoms with Crippen LogP contribution in [0.3, 0.4) is 0 Å². The van der Waals surface area contributed by atoms with Gasteiger partial charge in [-0.1, -0.05) is 41.4 Å². The molecule has 4 nitrogen and oxygen atoms in total. The maximum atomic E-state index is 6.17. The predicted molar refractivity (Wildman–Crippen MR) is 75.4 cm³/mol. The first kappa shape index (κ1) is 13.5. The third kappa shape index (κ3) is 2.44. The number of hydrogen-bond acceptors (Lipinski definition) is 4. The lowest BCUT2D eigenvalue weighted by atomic mass is 9.93. The van der Waals surface area contributed by atoms with E-state index < -0.39 is 11.3 Å². The molecular weight excluding hydrogens is 271 g/mol. The zero-order chi connectivity index (χ0) is 13.6. The first-order valence-electron chi connectivity index (χ1n) is 5.26. The van der Waals surface area contributed by atoms with Gasteiger partial charge in [-0.15, -0.1) is 0 Å². The van der Waals surface area contributed by atoms with Crippen LogP contribution in [0.2, 0.25) is 0 Å². The first-order chi connectivity index (χ1) is 8.23. The summed E-state index contributed by atoms with van der Waals surface area (Å²) >= 11 is 12.2. The predicted octanol–water partition coefficient (Wildman–Crippen LogP) is 0.895. The summed E-state index contributed by atoms with van der Waals surface area (Å²) in [6.07, 6.45) is 10.2. The molecular formula is C12H14Cl2N4. The van der Waals surface area contributed by atoms with E-state index in [2.05, 4.69) is 0 Å². The molecule has 0 aromatic heterocycles. The topological polar surface area (TPSA) is 104 Å². The second-order valence-corrected chi connectivity index (χ2v) is 5.19. The van der Waals surface area contributed by atoms with E-state index in [1.807, 2.05) is 0 Å². The van der Waals surface area contributed by atoms with Gasteiger partial charge in [0.1, 0.15) is 11.3 Å². The van der Waals surface area contributed by atoms with E-state index in [-0.39, 0.29) is 5.03 Å². The van der Waals surface area contributed by atoms with Crippen molar-refractivity contribution in [3.8, 4) is 0 Å². The molecule has 8 N–H and O–H groups in total. The van der Waals surface area contributed by atoms with E-state index >= 15 is 0 Å². The Labute approximate surface area is 115 Å². The molecule has 0 saturated carbocycles. The van der Waals surface area contributed by atoms with Crippen LogP contribution in [0.15, 0.2) is 57.7 Å². The van der Waals surface area contributed by atoms with Crippen LogP contribution in [-0.2, 0) is 0 Å². The number of halogens is 2. The van der Waals surface area contributed by atoms with Crippen molar-refractivity contribution in [2.75, 3.05) is 0 Å². The van der Waals surface area contributed by atoms with Crippen molar-refractivity contribution in [1.82, 2.24) is 0 Å². The molecule has 0 fully saturated rings. The van der Waals surface area contributed by atoms with Crippen molar-refractivity contribution in [2.24, 2.45) is 22.9 Å². The highest BCUT2D eigenvalue weighted by molar-refractivity contribution is 6.42. The standard InChI is InChI=1S/C12H14Cl2N4/c13-9-8(3-6-12(17,18)10(9)14)7-1-4-11(15,16)5-2-7/h1-6H,15-18H2. The van der Waals surface area contributed by atoms with Gasteiger partial charge in [0.15, 0.2) is 0 Å². The van der Waals surface area contributed by atoms with Crippen molar-refractivity contribution in [3.05, 3.63) is 57.7 Å². The zero-order valence-corrected chi connectivity index (χ0v) is 11.0. The van der Waals surface area contributed by atoms with E-state index in [4.69, 9.17) is 46.1 Å². The summed E-state index contributed by atoms with van der Waals surface area (Å²) in [6, 6.07) is 0. The minimum absolute atomic E-state index is 0.202. The third-order valence-corrected chi connectivity index (χ3v) is 3.75. The van der Waals surface area contributed by atoms with E-state index in [1.54, 1.807) is 36.5 Å². The van der Waals surface area contributed by atoms with Crippen molar-refractivity contribution in [2.45, 2.75) is 11.3 Å². The molecule has 0 amide bonds. The summed E-state index contributed by atoms with van der Waals surface area (Å²) in [5.41, 5.74) is 22.4. The molecule has 0 radical (unpaired) electrons. The van der Waals surface area contributed by atoms with Gasteiger partial charge in [0.25, 0.3) is 0 Å². The zero-order valence-electron chi connectivity index (χ0n) is 9.53. The number of allylic oxidation sites excluding steroid dienone is 6. The molecule has 96 valence electrons. The second kappa shape index (κ2) is 4.35. The minimum atomic E-state index is -1.23. The Morgan fingerprint density at radius 3 is 1.94 bits per heavy atom. The Bertz CT molecular complexity index is 518. The Hall–Kier alpha value is -0.880.